The molecule has 0 aliphatic rings. The summed E-state index contributed by atoms with van der Waals surface area (Å²) in [6, 6.07) is 19.3. The number of ether oxygens (including phenoxy) is 1. The third-order valence-electron chi connectivity index (χ3n) is 3.92. The van der Waals surface area contributed by atoms with E-state index in [1.54, 1.807) is 36.4 Å². The predicted molar refractivity (Wildman–Crippen MR) is 107 cm³/mol. The fourth-order valence-corrected chi connectivity index (χ4v) is 2.55. The summed E-state index contributed by atoms with van der Waals surface area (Å²) in [6.07, 6.45) is 2.74. The van der Waals surface area contributed by atoms with Crippen LogP contribution in [-0.2, 0) is 0 Å². The van der Waals surface area contributed by atoms with Crippen LogP contribution in [0.15, 0.2) is 83.9 Å². The molecule has 0 fully saturated rings. The van der Waals surface area contributed by atoms with E-state index in [0.29, 0.717) is 23.0 Å². The van der Waals surface area contributed by atoms with Gasteiger partial charge in [-0.3, -0.25) is 9.59 Å². The molecule has 4 rings (SSSR count). The maximum Gasteiger partial charge on any atom is 0.275 e. The molecule has 0 aliphatic heterocycles. The average molecular weight is 385 g/mol. The minimum atomic E-state index is -0.407. The first-order valence-corrected chi connectivity index (χ1v) is 8.70. The van der Waals surface area contributed by atoms with Crippen molar-refractivity contribution in [2.75, 3.05) is 5.32 Å². The summed E-state index contributed by atoms with van der Waals surface area (Å²) in [7, 11) is 0. The lowest BCUT2D eigenvalue weighted by molar-refractivity contribution is 0.102. The maximum absolute atomic E-state index is 12.5. The van der Waals surface area contributed by atoms with E-state index in [-0.39, 0.29) is 11.3 Å². The van der Waals surface area contributed by atoms with Crippen LogP contribution in [0, 0.1) is 0 Å². The van der Waals surface area contributed by atoms with Gasteiger partial charge >= 0.3 is 0 Å². The predicted octanol–water partition coefficient (Wildman–Crippen LogP) is 3.27. The molecule has 0 unspecified atom stereocenters. The number of H-pyrrole nitrogens is 1. The maximum atomic E-state index is 12.5. The monoisotopic (exact) mass is 385 g/mol. The van der Waals surface area contributed by atoms with Crippen molar-refractivity contribution in [2.45, 2.75) is 0 Å². The number of amides is 1. The van der Waals surface area contributed by atoms with Crippen LogP contribution in [0.4, 0.5) is 5.69 Å². The van der Waals surface area contributed by atoms with Crippen LogP contribution in [-0.4, -0.2) is 26.1 Å². The topological polar surface area (TPSA) is 110 Å². The molecule has 29 heavy (non-hydrogen) atoms. The lowest BCUT2D eigenvalue weighted by Crippen LogP contribution is -2.14. The van der Waals surface area contributed by atoms with Crippen LogP contribution in [0.5, 0.6) is 11.6 Å². The second-order valence-electron chi connectivity index (χ2n) is 6.00. The van der Waals surface area contributed by atoms with Crippen molar-refractivity contribution in [3.63, 3.8) is 0 Å². The van der Waals surface area contributed by atoms with Gasteiger partial charge in [0.1, 0.15) is 11.4 Å². The molecule has 8 heteroatoms. The molecule has 2 N–H and O–H groups in total. The minimum Gasteiger partial charge on any atom is -0.438 e. The highest BCUT2D eigenvalue weighted by molar-refractivity contribution is 6.02. The molecule has 142 valence electrons. The summed E-state index contributed by atoms with van der Waals surface area (Å²) in [4.78, 5) is 31.8. The molecule has 1 amide bonds. The van der Waals surface area contributed by atoms with Crippen LogP contribution in [0.1, 0.15) is 10.5 Å². The summed E-state index contributed by atoms with van der Waals surface area (Å²) >= 11 is 0. The number of para-hydroxylation sites is 1. The van der Waals surface area contributed by atoms with Gasteiger partial charge in [-0.05, 0) is 30.3 Å². The summed E-state index contributed by atoms with van der Waals surface area (Å²) < 4.78 is 5.57. The van der Waals surface area contributed by atoms with E-state index < -0.39 is 5.91 Å². The van der Waals surface area contributed by atoms with Gasteiger partial charge in [-0.25, -0.2) is 15.1 Å². The molecule has 4 aromatic rings. The van der Waals surface area contributed by atoms with Gasteiger partial charge in [0.15, 0.2) is 0 Å². The number of nitrogens with zero attached hydrogens (tertiary/aromatic N) is 3. The van der Waals surface area contributed by atoms with E-state index >= 15 is 0 Å². The van der Waals surface area contributed by atoms with E-state index in [2.05, 4.69) is 25.5 Å². The number of aromatic amines is 1. The SMILES string of the molecule is O=C(Nc1cccc(-c2ccc(=O)[nH]n2)c1)c1cnc(Oc2ccccc2)cn1. The molecule has 0 aliphatic carbocycles. The van der Waals surface area contributed by atoms with Crippen molar-refractivity contribution in [2.24, 2.45) is 0 Å². The van der Waals surface area contributed by atoms with Crippen molar-refractivity contribution in [1.29, 1.82) is 0 Å². The first-order valence-electron chi connectivity index (χ1n) is 8.70. The number of aromatic nitrogens is 4. The molecule has 0 saturated carbocycles. The number of nitrogens with one attached hydrogen (secondary N) is 2. The summed E-state index contributed by atoms with van der Waals surface area (Å²) in [5.74, 6) is 0.515. The highest BCUT2D eigenvalue weighted by Gasteiger charge is 2.10. The van der Waals surface area contributed by atoms with Gasteiger partial charge in [-0.2, -0.15) is 5.10 Å². The first kappa shape index (κ1) is 18.1. The van der Waals surface area contributed by atoms with Crippen LogP contribution >= 0.6 is 0 Å². The molecular formula is C21H15N5O3. The smallest absolute Gasteiger partial charge is 0.275 e. The molecule has 0 bridgehead atoms. The minimum absolute atomic E-state index is 0.151. The quantitative estimate of drug-likeness (QED) is 0.546. The van der Waals surface area contributed by atoms with Crippen molar-refractivity contribution in [3.05, 3.63) is 95.2 Å². The Labute approximate surface area is 165 Å². The zero-order valence-corrected chi connectivity index (χ0v) is 15.1. The molecule has 0 atom stereocenters. The summed E-state index contributed by atoms with van der Waals surface area (Å²) in [5, 5.41) is 9.14. The van der Waals surface area contributed by atoms with Crippen molar-refractivity contribution < 1.29 is 9.53 Å². The van der Waals surface area contributed by atoms with E-state index in [9.17, 15) is 9.59 Å². The number of carbonyl (C=O) groups is 1. The van der Waals surface area contributed by atoms with E-state index in [1.807, 2.05) is 24.3 Å². The summed E-state index contributed by atoms with van der Waals surface area (Å²) in [6.45, 7) is 0. The zero-order valence-electron chi connectivity index (χ0n) is 15.1. The van der Waals surface area contributed by atoms with Gasteiger partial charge < -0.3 is 10.1 Å². The molecule has 8 nitrogen and oxygen atoms in total. The second kappa shape index (κ2) is 8.13. The normalized spacial score (nSPS) is 10.3. The number of benzene rings is 2. The number of hydrogen-bond donors (Lipinski definition) is 2. The van der Waals surface area contributed by atoms with Gasteiger partial charge in [-0.15, -0.1) is 0 Å². The Hall–Kier alpha value is -4.33. The van der Waals surface area contributed by atoms with E-state index in [4.69, 9.17) is 4.74 Å². The average Bonchev–Trinajstić information content (AvgIpc) is 2.76. The number of carbonyl (C=O) groups excluding carboxylic acids is 1. The van der Waals surface area contributed by atoms with Crippen molar-refractivity contribution >= 4 is 11.6 Å². The number of hydrogen-bond acceptors (Lipinski definition) is 6. The highest BCUT2D eigenvalue weighted by Crippen LogP contribution is 2.21. The third-order valence-corrected chi connectivity index (χ3v) is 3.92. The Balaban J connectivity index is 1.46. The van der Waals surface area contributed by atoms with E-state index in [0.717, 1.165) is 5.56 Å². The molecular weight excluding hydrogens is 370 g/mol. The Morgan fingerprint density at radius 1 is 0.931 bits per heavy atom. The summed E-state index contributed by atoms with van der Waals surface area (Å²) in [5.41, 5.74) is 1.76. The van der Waals surface area contributed by atoms with Gasteiger partial charge in [0.25, 0.3) is 11.5 Å². The van der Waals surface area contributed by atoms with Gasteiger partial charge in [0, 0.05) is 17.3 Å². The van der Waals surface area contributed by atoms with E-state index in [1.165, 1.54) is 18.5 Å². The van der Waals surface area contributed by atoms with Gasteiger partial charge in [0.2, 0.25) is 5.88 Å². The van der Waals surface area contributed by atoms with Crippen LogP contribution in [0.25, 0.3) is 11.3 Å². The molecule has 0 radical (unpaired) electrons. The molecule has 0 spiro atoms. The Morgan fingerprint density at radius 2 is 1.79 bits per heavy atom. The Bertz CT molecular complexity index is 1170. The fraction of sp³-hybridized carbons (Fsp3) is 0. The zero-order chi connectivity index (χ0) is 20.1. The van der Waals surface area contributed by atoms with Crippen molar-refractivity contribution in [3.8, 4) is 22.9 Å². The lowest BCUT2D eigenvalue weighted by Gasteiger charge is -2.07. The standard InChI is InChI=1S/C21H15N5O3/c27-19-10-9-17(25-26-19)14-5-4-6-15(11-14)24-21(28)18-12-23-20(13-22-18)29-16-7-2-1-3-8-16/h1-13H,(H,24,28)(H,26,27). The fourth-order valence-electron chi connectivity index (χ4n) is 2.55. The Kier molecular flexibility index (Phi) is 5.06. The lowest BCUT2D eigenvalue weighted by atomic mass is 10.1. The second-order valence-corrected chi connectivity index (χ2v) is 6.00. The van der Waals surface area contributed by atoms with Crippen molar-refractivity contribution in [1.82, 2.24) is 20.2 Å². The molecule has 0 saturated heterocycles. The Morgan fingerprint density at radius 3 is 2.52 bits per heavy atom. The van der Waals surface area contributed by atoms with Crippen LogP contribution < -0.4 is 15.6 Å². The number of anilines is 1. The largest absolute Gasteiger partial charge is 0.438 e. The highest BCUT2D eigenvalue weighted by atomic mass is 16.5. The molecule has 2 heterocycles. The van der Waals surface area contributed by atoms with Gasteiger partial charge in [-0.1, -0.05) is 30.3 Å². The van der Waals surface area contributed by atoms with Gasteiger partial charge in [0.05, 0.1) is 18.1 Å². The molecule has 2 aromatic carbocycles. The third kappa shape index (κ3) is 4.51. The van der Waals surface area contributed by atoms with Crippen LogP contribution in [0.3, 0.4) is 0 Å². The molecule has 2 aromatic heterocycles. The first-order chi connectivity index (χ1) is 14.2. The van der Waals surface area contributed by atoms with Crippen LogP contribution in [0.2, 0.25) is 0 Å². The number of rotatable bonds is 5.